The molecule has 0 saturated carbocycles. The maximum absolute atomic E-state index is 12.6. The topological polar surface area (TPSA) is 64.3 Å². The van der Waals surface area contributed by atoms with Gasteiger partial charge in [0.05, 0.1) is 0 Å². The molecule has 0 amide bonds. The minimum Gasteiger partial charge on any atom is -0.457 e. The molecular weight excluding hydrogens is 408 g/mol. The Balaban J connectivity index is 1.68. The van der Waals surface area contributed by atoms with Crippen LogP contribution in [-0.2, 0) is 16.0 Å². The lowest BCUT2D eigenvalue weighted by molar-refractivity contribution is -0.150. The van der Waals surface area contributed by atoms with Crippen molar-refractivity contribution in [2.24, 2.45) is 22.5 Å². The molecule has 1 aliphatic carbocycles. The smallest absolute Gasteiger partial charge is 0.334 e. The Morgan fingerprint density at radius 2 is 1.85 bits per heavy atom. The minimum atomic E-state index is -0.447. The van der Waals surface area contributed by atoms with Crippen molar-refractivity contribution in [3.8, 4) is 0 Å². The lowest BCUT2D eigenvalue weighted by Gasteiger charge is -2.46. The van der Waals surface area contributed by atoms with Gasteiger partial charge < -0.3 is 15.8 Å². The molecule has 1 saturated heterocycles. The molecule has 3 unspecified atom stereocenters. The fourth-order valence-electron chi connectivity index (χ4n) is 5.65. The van der Waals surface area contributed by atoms with Crippen LogP contribution in [0.25, 0.3) is 5.70 Å². The summed E-state index contributed by atoms with van der Waals surface area (Å²) < 4.78 is 5.64. The van der Waals surface area contributed by atoms with Gasteiger partial charge in [-0.3, -0.25) is 0 Å². The van der Waals surface area contributed by atoms with Crippen LogP contribution in [0.4, 0.5) is 0 Å². The van der Waals surface area contributed by atoms with Gasteiger partial charge in [0.2, 0.25) is 0 Å². The van der Waals surface area contributed by atoms with E-state index < -0.39 is 5.60 Å². The summed E-state index contributed by atoms with van der Waals surface area (Å²) in [7, 11) is 0. The summed E-state index contributed by atoms with van der Waals surface area (Å²) in [5.74, 6) is 0.426. The van der Waals surface area contributed by atoms with Gasteiger partial charge in [-0.2, -0.15) is 0 Å². The summed E-state index contributed by atoms with van der Waals surface area (Å²) in [6.07, 6.45) is 8.99. The maximum atomic E-state index is 12.6. The Kier molecular flexibility index (Phi) is 7.48. The van der Waals surface area contributed by atoms with Gasteiger partial charge in [-0.25, -0.2) is 4.79 Å². The van der Waals surface area contributed by atoms with Gasteiger partial charge in [0, 0.05) is 23.9 Å². The van der Waals surface area contributed by atoms with Crippen molar-refractivity contribution in [3.63, 3.8) is 0 Å². The largest absolute Gasteiger partial charge is 0.457 e. The molecule has 1 fully saturated rings. The molecule has 3 rings (SSSR count). The zero-order valence-corrected chi connectivity index (χ0v) is 21.8. The first kappa shape index (κ1) is 25.6. The normalized spacial score (nSPS) is 28.2. The van der Waals surface area contributed by atoms with E-state index >= 15 is 0 Å². The predicted octanol–water partition coefficient (Wildman–Crippen LogP) is 6.01. The number of esters is 1. The van der Waals surface area contributed by atoms with Gasteiger partial charge in [-0.15, -0.1) is 0 Å². The van der Waals surface area contributed by atoms with E-state index in [9.17, 15) is 4.79 Å². The van der Waals surface area contributed by atoms with E-state index in [1.165, 1.54) is 5.56 Å². The molecular formula is C29H44N2O2. The van der Waals surface area contributed by atoms with Crippen LogP contribution in [0, 0.1) is 16.7 Å². The van der Waals surface area contributed by atoms with Crippen LogP contribution in [0.1, 0.15) is 85.3 Å². The fourth-order valence-corrected chi connectivity index (χ4v) is 5.65. The van der Waals surface area contributed by atoms with Crippen molar-refractivity contribution in [1.29, 1.82) is 0 Å². The predicted molar refractivity (Wildman–Crippen MR) is 138 cm³/mol. The number of rotatable bonds is 5. The average molecular weight is 453 g/mol. The van der Waals surface area contributed by atoms with E-state index in [-0.39, 0.29) is 16.8 Å². The molecule has 0 aromatic heterocycles. The van der Waals surface area contributed by atoms with Crippen LogP contribution < -0.4 is 11.1 Å². The number of carbonyl (C=O) groups is 1. The van der Waals surface area contributed by atoms with Gasteiger partial charge in [-0.05, 0) is 87.7 Å². The second-order valence-corrected chi connectivity index (χ2v) is 11.8. The summed E-state index contributed by atoms with van der Waals surface area (Å²) in [6.45, 7) is 16.1. The van der Waals surface area contributed by atoms with Gasteiger partial charge in [0.15, 0.2) is 0 Å². The first-order valence-corrected chi connectivity index (χ1v) is 12.5. The number of benzene rings is 1. The van der Waals surface area contributed by atoms with Crippen LogP contribution in [0.2, 0.25) is 0 Å². The van der Waals surface area contributed by atoms with Crippen molar-refractivity contribution in [1.82, 2.24) is 5.32 Å². The molecule has 4 heteroatoms. The van der Waals surface area contributed by atoms with Crippen molar-refractivity contribution in [3.05, 3.63) is 53.1 Å². The highest BCUT2D eigenvalue weighted by Gasteiger charge is 2.54. The van der Waals surface area contributed by atoms with Crippen molar-refractivity contribution in [2.75, 3.05) is 6.54 Å². The third-order valence-electron chi connectivity index (χ3n) is 8.33. The Bertz CT molecular complexity index is 905. The maximum Gasteiger partial charge on any atom is 0.334 e. The number of hydrogen-bond acceptors (Lipinski definition) is 4. The summed E-state index contributed by atoms with van der Waals surface area (Å²) >= 11 is 0. The molecule has 1 aliphatic heterocycles. The third kappa shape index (κ3) is 5.54. The van der Waals surface area contributed by atoms with Gasteiger partial charge in [0.1, 0.15) is 5.60 Å². The second kappa shape index (κ2) is 9.66. The van der Waals surface area contributed by atoms with Crippen molar-refractivity contribution in [2.45, 2.75) is 92.2 Å². The Morgan fingerprint density at radius 3 is 2.45 bits per heavy atom. The van der Waals surface area contributed by atoms with Crippen LogP contribution in [0.5, 0.6) is 0 Å². The summed E-state index contributed by atoms with van der Waals surface area (Å²) in [5, 5.41) is 3.87. The zero-order valence-electron chi connectivity index (χ0n) is 21.8. The molecule has 0 spiro atoms. The van der Waals surface area contributed by atoms with E-state index in [1.807, 2.05) is 33.8 Å². The Morgan fingerprint density at radius 1 is 1.18 bits per heavy atom. The second-order valence-electron chi connectivity index (χ2n) is 11.8. The molecule has 3 N–H and O–H groups in total. The number of hydrogen-bond donors (Lipinski definition) is 2. The number of allylic oxidation sites excluding steroid dienone is 2. The van der Waals surface area contributed by atoms with Gasteiger partial charge in [0.25, 0.3) is 0 Å². The minimum absolute atomic E-state index is 0.134. The van der Waals surface area contributed by atoms with Crippen LogP contribution in [0.3, 0.4) is 0 Å². The number of nitrogens with one attached hydrogen (secondary N) is 1. The standard InChI is InChI=1S/C29H44N2O2/c1-8-24(30)21-14-12-20(13-15-21)18-25-28(5,6)29(7,19-31-25)23-11-9-10-22(16-17-23)26(32)33-27(2,3)4/h8,10,12-15,23,25,31H,9,11,16-19,30H2,1-7H3/b24-8-. The molecule has 4 nitrogen and oxygen atoms in total. The number of ether oxygens (including phenoxy) is 1. The molecule has 33 heavy (non-hydrogen) atoms. The highest BCUT2D eigenvalue weighted by Crippen LogP contribution is 2.54. The van der Waals surface area contributed by atoms with Crippen molar-refractivity contribution >= 4 is 11.7 Å². The molecule has 1 aromatic carbocycles. The van der Waals surface area contributed by atoms with Crippen molar-refractivity contribution < 1.29 is 9.53 Å². The SMILES string of the molecule is C/C=C(\N)c1ccc(CC2NCC(C)(C3CCC=C(C(=O)OC(C)(C)C)CC3)C2(C)C)cc1. The highest BCUT2D eigenvalue weighted by atomic mass is 16.6. The molecule has 0 bridgehead atoms. The van der Waals surface area contributed by atoms with Gasteiger partial charge in [-0.1, -0.05) is 57.2 Å². The van der Waals surface area contributed by atoms with Crippen LogP contribution >= 0.6 is 0 Å². The summed E-state index contributed by atoms with van der Waals surface area (Å²) in [6, 6.07) is 9.08. The fraction of sp³-hybridized carbons (Fsp3) is 0.621. The molecule has 1 heterocycles. The summed E-state index contributed by atoms with van der Waals surface area (Å²) in [4.78, 5) is 12.6. The highest BCUT2D eigenvalue weighted by molar-refractivity contribution is 5.88. The van der Waals surface area contributed by atoms with E-state index in [0.29, 0.717) is 12.0 Å². The van der Waals surface area contributed by atoms with Crippen LogP contribution in [-0.4, -0.2) is 24.2 Å². The lowest BCUT2D eigenvalue weighted by atomic mass is 9.57. The van der Waals surface area contributed by atoms with E-state index in [2.05, 4.69) is 56.4 Å². The van der Waals surface area contributed by atoms with E-state index in [1.54, 1.807) is 0 Å². The molecule has 1 aromatic rings. The quantitative estimate of drug-likeness (QED) is 0.537. The third-order valence-corrected chi connectivity index (χ3v) is 8.33. The van der Waals surface area contributed by atoms with Gasteiger partial charge >= 0.3 is 5.97 Å². The summed E-state index contributed by atoms with van der Waals surface area (Å²) in [5.41, 5.74) is 10.0. The number of carbonyl (C=O) groups excluding carboxylic acids is 1. The van der Waals surface area contributed by atoms with E-state index in [4.69, 9.17) is 10.5 Å². The lowest BCUT2D eigenvalue weighted by Crippen LogP contribution is -2.44. The zero-order chi connectivity index (χ0) is 24.4. The average Bonchev–Trinajstić information content (AvgIpc) is 2.93. The first-order chi connectivity index (χ1) is 15.4. The molecule has 182 valence electrons. The first-order valence-electron chi connectivity index (χ1n) is 12.5. The number of nitrogens with two attached hydrogens (primary N) is 1. The van der Waals surface area contributed by atoms with E-state index in [0.717, 1.165) is 55.5 Å². The molecule has 2 aliphatic rings. The van der Waals surface area contributed by atoms with Crippen LogP contribution in [0.15, 0.2) is 42.0 Å². The molecule has 0 radical (unpaired) electrons. The molecule has 3 atom stereocenters. The monoisotopic (exact) mass is 452 g/mol. The Labute approximate surface area is 201 Å². The Hall–Kier alpha value is -2.07.